The fourth-order valence-electron chi connectivity index (χ4n) is 3.58. The Kier molecular flexibility index (Phi) is 5.80. The van der Waals surface area contributed by atoms with Gasteiger partial charge in [-0.05, 0) is 31.0 Å². The zero-order valence-corrected chi connectivity index (χ0v) is 16.9. The normalized spacial score (nSPS) is 14.9. The molecule has 0 aliphatic carbocycles. The molecule has 4 rings (SSSR count). The highest BCUT2D eigenvalue weighted by Gasteiger charge is 2.24. The average Bonchev–Trinajstić information content (AvgIpc) is 3.15. The summed E-state index contributed by atoms with van der Waals surface area (Å²) >= 11 is 6.01. The highest BCUT2D eigenvalue weighted by Crippen LogP contribution is 2.22. The second-order valence-electron chi connectivity index (χ2n) is 7.06. The second-order valence-corrected chi connectivity index (χ2v) is 7.50. The molecule has 2 N–H and O–H groups in total. The van der Waals surface area contributed by atoms with E-state index in [1.54, 1.807) is 19.5 Å². The molecule has 1 fully saturated rings. The van der Waals surface area contributed by atoms with Gasteiger partial charge < -0.3 is 19.9 Å². The number of aromatic amines is 1. The number of anilines is 1. The molecular weight excluding hydrogens is 392 g/mol. The maximum atomic E-state index is 12.6. The van der Waals surface area contributed by atoms with E-state index in [4.69, 9.17) is 16.3 Å². The molecule has 0 unspecified atom stereocenters. The molecule has 1 aliphatic rings. The lowest BCUT2D eigenvalue weighted by Gasteiger charge is -2.32. The number of imidazole rings is 1. The third-order valence-electron chi connectivity index (χ3n) is 5.12. The number of ether oxygens (including phenoxy) is 1. The number of amides is 1. The molecule has 8 nitrogen and oxygen atoms in total. The van der Waals surface area contributed by atoms with Crippen LogP contribution in [0.15, 0.2) is 30.6 Å². The van der Waals surface area contributed by atoms with E-state index in [9.17, 15) is 4.79 Å². The van der Waals surface area contributed by atoms with Gasteiger partial charge in [-0.1, -0.05) is 11.6 Å². The number of aryl methyl sites for hydroxylation is 1. The van der Waals surface area contributed by atoms with Crippen LogP contribution in [-0.2, 0) is 11.2 Å². The molecule has 0 bridgehead atoms. The Hall–Kier alpha value is -2.87. The van der Waals surface area contributed by atoms with Crippen molar-refractivity contribution < 1.29 is 9.53 Å². The lowest BCUT2D eigenvalue weighted by molar-refractivity contribution is -0.132. The third-order valence-corrected chi connectivity index (χ3v) is 5.35. The number of aromatic nitrogens is 4. The zero-order chi connectivity index (χ0) is 20.2. The van der Waals surface area contributed by atoms with Crippen molar-refractivity contribution >= 4 is 34.4 Å². The SMILES string of the molecule is COc1nccnc1NC1CCN(C(=O)CCc2nc3ccc(Cl)cc3[nH]2)CC1. The van der Waals surface area contributed by atoms with Crippen molar-refractivity contribution in [2.75, 3.05) is 25.5 Å². The Labute approximate surface area is 173 Å². The molecule has 152 valence electrons. The topological polar surface area (TPSA) is 96.0 Å². The van der Waals surface area contributed by atoms with Crippen LogP contribution in [0.4, 0.5) is 5.82 Å². The first kappa shape index (κ1) is 19.4. The van der Waals surface area contributed by atoms with E-state index in [2.05, 4.69) is 25.3 Å². The number of nitrogens with zero attached hydrogens (tertiary/aromatic N) is 4. The van der Waals surface area contributed by atoms with Crippen molar-refractivity contribution in [2.45, 2.75) is 31.7 Å². The quantitative estimate of drug-likeness (QED) is 0.643. The van der Waals surface area contributed by atoms with Crippen molar-refractivity contribution in [3.63, 3.8) is 0 Å². The largest absolute Gasteiger partial charge is 0.478 e. The summed E-state index contributed by atoms with van der Waals surface area (Å²) in [5, 5.41) is 4.04. The molecule has 1 aliphatic heterocycles. The minimum absolute atomic E-state index is 0.152. The lowest BCUT2D eigenvalue weighted by atomic mass is 10.0. The Morgan fingerprint density at radius 3 is 2.90 bits per heavy atom. The lowest BCUT2D eigenvalue weighted by Crippen LogP contribution is -2.42. The smallest absolute Gasteiger partial charge is 0.257 e. The molecule has 0 atom stereocenters. The summed E-state index contributed by atoms with van der Waals surface area (Å²) in [6, 6.07) is 5.78. The number of piperidine rings is 1. The molecule has 1 aromatic carbocycles. The number of carbonyl (C=O) groups is 1. The Morgan fingerprint density at radius 1 is 1.31 bits per heavy atom. The zero-order valence-electron chi connectivity index (χ0n) is 16.2. The summed E-state index contributed by atoms with van der Waals surface area (Å²) in [6.45, 7) is 1.43. The van der Waals surface area contributed by atoms with Crippen molar-refractivity contribution in [1.82, 2.24) is 24.8 Å². The summed E-state index contributed by atoms with van der Waals surface area (Å²) in [4.78, 5) is 30.7. The van der Waals surface area contributed by atoms with Crippen LogP contribution in [-0.4, -0.2) is 57.0 Å². The summed E-state index contributed by atoms with van der Waals surface area (Å²) in [7, 11) is 1.58. The van der Waals surface area contributed by atoms with Crippen LogP contribution in [0.25, 0.3) is 11.0 Å². The van der Waals surface area contributed by atoms with Gasteiger partial charge >= 0.3 is 0 Å². The molecule has 9 heteroatoms. The summed E-state index contributed by atoms with van der Waals surface area (Å²) in [5.41, 5.74) is 1.76. The molecule has 0 radical (unpaired) electrons. The number of hydrogen-bond donors (Lipinski definition) is 2. The van der Waals surface area contributed by atoms with Gasteiger partial charge in [-0.2, -0.15) is 0 Å². The Morgan fingerprint density at radius 2 is 2.10 bits per heavy atom. The Balaban J connectivity index is 1.27. The fourth-order valence-corrected chi connectivity index (χ4v) is 3.75. The van der Waals surface area contributed by atoms with Crippen LogP contribution < -0.4 is 10.1 Å². The van der Waals surface area contributed by atoms with Gasteiger partial charge in [-0.3, -0.25) is 4.79 Å². The maximum Gasteiger partial charge on any atom is 0.257 e. The van der Waals surface area contributed by atoms with E-state index in [1.807, 2.05) is 23.1 Å². The minimum atomic E-state index is 0.152. The molecule has 29 heavy (non-hydrogen) atoms. The van der Waals surface area contributed by atoms with Gasteiger partial charge in [0.25, 0.3) is 5.88 Å². The first-order valence-electron chi connectivity index (χ1n) is 9.66. The van der Waals surface area contributed by atoms with Crippen molar-refractivity contribution in [3.05, 3.63) is 41.4 Å². The fraction of sp³-hybridized carbons (Fsp3) is 0.400. The number of halogens is 1. The standard InChI is InChI=1S/C20H23ClN6O2/c1-29-20-19(22-8-9-23-20)24-14-6-10-27(11-7-14)18(28)5-4-17-25-15-3-2-13(21)12-16(15)26-17/h2-3,8-9,12,14H,4-7,10-11H2,1H3,(H,22,24)(H,25,26). The number of nitrogens with one attached hydrogen (secondary N) is 2. The van der Waals surface area contributed by atoms with Gasteiger partial charge in [-0.15, -0.1) is 0 Å². The van der Waals surface area contributed by atoms with Crippen LogP contribution in [0.1, 0.15) is 25.1 Å². The molecule has 1 saturated heterocycles. The number of benzene rings is 1. The first-order valence-corrected chi connectivity index (χ1v) is 10.0. The predicted molar refractivity (Wildman–Crippen MR) is 111 cm³/mol. The molecular formula is C20H23ClN6O2. The molecule has 1 amide bonds. The number of methoxy groups -OCH3 is 1. The monoisotopic (exact) mass is 414 g/mol. The van der Waals surface area contributed by atoms with Crippen molar-refractivity contribution in [1.29, 1.82) is 0 Å². The van der Waals surface area contributed by atoms with Crippen LogP contribution >= 0.6 is 11.6 Å². The van der Waals surface area contributed by atoms with Crippen LogP contribution in [0.3, 0.4) is 0 Å². The number of likely N-dealkylation sites (tertiary alicyclic amines) is 1. The molecule has 3 heterocycles. The second kappa shape index (κ2) is 8.65. The van der Waals surface area contributed by atoms with Crippen molar-refractivity contribution in [2.24, 2.45) is 0 Å². The van der Waals surface area contributed by atoms with E-state index in [0.717, 1.165) is 42.8 Å². The first-order chi connectivity index (χ1) is 14.1. The predicted octanol–water partition coefficient (Wildman–Crippen LogP) is 3.05. The van der Waals surface area contributed by atoms with Crippen LogP contribution in [0, 0.1) is 0 Å². The summed E-state index contributed by atoms with van der Waals surface area (Å²) < 4.78 is 5.23. The molecule has 2 aromatic heterocycles. The van der Waals surface area contributed by atoms with E-state index in [0.29, 0.717) is 29.6 Å². The number of H-pyrrole nitrogens is 1. The summed E-state index contributed by atoms with van der Waals surface area (Å²) in [5.74, 6) is 2.09. The van der Waals surface area contributed by atoms with Gasteiger partial charge in [0.15, 0.2) is 5.82 Å². The number of hydrogen-bond acceptors (Lipinski definition) is 6. The minimum Gasteiger partial charge on any atom is -0.478 e. The van der Waals surface area contributed by atoms with Gasteiger partial charge in [0.05, 0.1) is 18.1 Å². The highest BCUT2D eigenvalue weighted by atomic mass is 35.5. The van der Waals surface area contributed by atoms with Gasteiger partial charge in [0, 0.05) is 49.4 Å². The number of carbonyl (C=O) groups excluding carboxylic acids is 1. The van der Waals surface area contributed by atoms with Gasteiger partial charge in [0.1, 0.15) is 5.82 Å². The van der Waals surface area contributed by atoms with E-state index in [1.165, 1.54) is 0 Å². The van der Waals surface area contributed by atoms with Crippen LogP contribution in [0.5, 0.6) is 5.88 Å². The van der Waals surface area contributed by atoms with Crippen molar-refractivity contribution in [3.8, 4) is 5.88 Å². The number of rotatable bonds is 6. The third kappa shape index (κ3) is 4.59. The Bertz CT molecular complexity index is 1000. The summed E-state index contributed by atoms with van der Waals surface area (Å²) in [6.07, 6.45) is 5.96. The van der Waals surface area contributed by atoms with E-state index in [-0.39, 0.29) is 11.9 Å². The highest BCUT2D eigenvalue weighted by molar-refractivity contribution is 6.31. The number of fused-ring (bicyclic) bond motifs is 1. The average molecular weight is 415 g/mol. The van der Waals surface area contributed by atoms with Gasteiger partial charge in [0.2, 0.25) is 5.91 Å². The van der Waals surface area contributed by atoms with Crippen LogP contribution in [0.2, 0.25) is 5.02 Å². The molecule has 0 spiro atoms. The molecule has 0 saturated carbocycles. The van der Waals surface area contributed by atoms with E-state index < -0.39 is 0 Å². The van der Waals surface area contributed by atoms with Gasteiger partial charge in [-0.25, -0.2) is 15.0 Å². The van der Waals surface area contributed by atoms with E-state index >= 15 is 0 Å². The maximum absolute atomic E-state index is 12.6. The molecule has 3 aromatic rings.